The Labute approximate surface area is 168 Å². The van der Waals surface area contributed by atoms with Gasteiger partial charge in [0.2, 0.25) is 5.91 Å². The standard InChI is InChI=1S/C22H20ClN3O2/c23-17-10-12-18(13-11-17)26-22(28)19-8-4-5-9-20(19)24-15-21(27)25-14-16-6-2-1-3-7-16/h1-13,24H,14-15H2,(H,25,27)(H,26,28). The first-order valence-corrected chi connectivity index (χ1v) is 9.20. The summed E-state index contributed by atoms with van der Waals surface area (Å²) in [6, 6.07) is 23.6. The minimum Gasteiger partial charge on any atom is -0.376 e. The van der Waals surface area contributed by atoms with Crippen molar-refractivity contribution < 1.29 is 9.59 Å². The second kappa shape index (κ2) is 9.58. The Morgan fingerprint density at radius 1 is 0.821 bits per heavy atom. The highest BCUT2D eigenvalue weighted by molar-refractivity contribution is 6.30. The van der Waals surface area contributed by atoms with Gasteiger partial charge in [-0.3, -0.25) is 9.59 Å². The fraction of sp³-hybridized carbons (Fsp3) is 0.0909. The van der Waals surface area contributed by atoms with Gasteiger partial charge in [-0.2, -0.15) is 0 Å². The van der Waals surface area contributed by atoms with Gasteiger partial charge in [0.15, 0.2) is 0 Å². The molecule has 0 unspecified atom stereocenters. The van der Waals surface area contributed by atoms with Gasteiger partial charge in [-0.15, -0.1) is 0 Å². The summed E-state index contributed by atoms with van der Waals surface area (Å²) < 4.78 is 0. The molecule has 5 nitrogen and oxygen atoms in total. The van der Waals surface area contributed by atoms with E-state index in [1.165, 1.54) is 0 Å². The van der Waals surface area contributed by atoms with E-state index in [9.17, 15) is 9.59 Å². The second-order valence-corrected chi connectivity index (χ2v) is 6.56. The van der Waals surface area contributed by atoms with E-state index in [4.69, 9.17) is 11.6 Å². The number of benzene rings is 3. The van der Waals surface area contributed by atoms with Crippen molar-refractivity contribution in [2.24, 2.45) is 0 Å². The van der Waals surface area contributed by atoms with Gasteiger partial charge in [-0.25, -0.2) is 0 Å². The van der Waals surface area contributed by atoms with Crippen LogP contribution in [0, 0.1) is 0 Å². The molecule has 3 N–H and O–H groups in total. The molecule has 0 saturated carbocycles. The zero-order chi connectivity index (χ0) is 19.8. The van der Waals surface area contributed by atoms with Crippen molar-refractivity contribution in [2.45, 2.75) is 6.54 Å². The lowest BCUT2D eigenvalue weighted by molar-refractivity contribution is -0.119. The lowest BCUT2D eigenvalue weighted by Gasteiger charge is -2.12. The fourth-order valence-corrected chi connectivity index (χ4v) is 2.73. The summed E-state index contributed by atoms with van der Waals surface area (Å²) in [5.41, 5.74) is 2.71. The molecule has 0 atom stereocenters. The van der Waals surface area contributed by atoms with Crippen molar-refractivity contribution in [3.05, 3.63) is 95.0 Å². The molecule has 3 aromatic rings. The van der Waals surface area contributed by atoms with E-state index >= 15 is 0 Å². The molecule has 0 spiro atoms. The zero-order valence-electron chi connectivity index (χ0n) is 15.1. The third-order valence-corrected chi connectivity index (χ3v) is 4.30. The highest BCUT2D eigenvalue weighted by Gasteiger charge is 2.12. The van der Waals surface area contributed by atoms with Gasteiger partial charge < -0.3 is 16.0 Å². The molecule has 0 saturated heterocycles. The van der Waals surface area contributed by atoms with E-state index in [2.05, 4.69) is 16.0 Å². The number of hydrogen-bond donors (Lipinski definition) is 3. The van der Waals surface area contributed by atoms with Crippen LogP contribution in [-0.4, -0.2) is 18.4 Å². The van der Waals surface area contributed by atoms with Crippen LogP contribution < -0.4 is 16.0 Å². The van der Waals surface area contributed by atoms with Gasteiger partial charge in [0.05, 0.1) is 12.1 Å². The third-order valence-electron chi connectivity index (χ3n) is 4.05. The molecule has 2 amide bonds. The number of nitrogens with one attached hydrogen (secondary N) is 3. The SMILES string of the molecule is O=C(CNc1ccccc1C(=O)Nc1ccc(Cl)cc1)NCc1ccccc1. The Morgan fingerprint density at radius 3 is 2.25 bits per heavy atom. The molecule has 0 radical (unpaired) electrons. The molecule has 0 fully saturated rings. The average Bonchev–Trinajstić information content (AvgIpc) is 2.73. The quantitative estimate of drug-likeness (QED) is 0.559. The normalized spacial score (nSPS) is 10.2. The van der Waals surface area contributed by atoms with E-state index in [-0.39, 0.29) is 18.4 Å². The van der Waals surface area contributed by atoms with Gasteiger partial charge in [0, 0.05) is 22.9 Å². The Morgan fingerprint density at radius 2 is 1.50 bits per heavy atom. The van der Waals surface area contributed by atoms with Gasteiger partial charge >= 0.3 is 0 Å². The summed E-state index contributed by atoms with van der Waals surface area (Å²) in [6.07, 6.45) is 0. The van der Waals surface area contributed by atoms with E-state index in [0.717, 1.165) is 5.56 Å². The molecule has 142 valence electrons. The number of hydrogen-bond acceptors (Lipinski definition) is 3. The van der Waals surface area contributed by atoms with Crippen molar-refractivity contribution in [2.75, 3.05) is 17.2 Å². The Bertz CT molecular complexity index is 944. The van der Waals surface area contributed by atoms with E-state index in [1.54, 1.807) is 42.5 Å². The van der Waals surface area contributed by atoms with Gasteiger partial charge in [-0.05, 0) is 42.0 Å². The van der Waals surface area contributed by atoms with E-state index in [1.807, 2.05) is 36.4 Å². The molecule has 3 rings (SSSR count). The summed E-state index contributed by atoms with van der Waals surface area (Å²) in [5, 5.41) is 9.30. The van der Waals surface area contributed by atoms with Gasteiger partial charge in [0.1, 0.15) is 0 Å². The van der Waals surface area contributed by atoms with Crippen LogP contribution in [0.1, 0.15) is 15.9 Å². The van der Waals surface area contributed by atoms with Crippen LogP contribution in [0.25, 0.3) is 0 Å². The first-order valence-electron chi connectivity index (χ1n) is 8.82. The smallest absolute Gasteiger partial charge is 0.257 e. The molecule has 0 aliphatic carbocycles. The zero-order valence-corrected chi connectivity index (χ0v) is 15.9. The summed E-state index contributed by atoms with van der Waals surface area (Å²) in [5.74, 6) is -0.424. The monoisotopic (exact) mass is 393 g/mol. The molecule has 0 aliphatic rings. The van der Waals surface area contributed by atoms with Crippen LogP contribution in [0.3, 0.4) is 0 Å². The highest BCUT2D eigenvalue weighted by Crippen LogP contribution is 2.18. The summed E-state index contributed by atoms with van der Waals surface area (Å²) in [7, 11) is 0. The molecule has 0 bridgehead atoms. The second-order valence-electron chi connectivity index (χ2n) is 6.12. The van der Waals surface area contributed by atoms with Crippen LogP contribution in [0.15, 0.2) is 78.9 Å². The topological polar surface area (TPSA) is 70.2 Å². The number of halogens is 1. The average molecular weight is 394 g/mol. The number of anilines is 2. The van der Waals surface area contributed by atoms with E-state index in [0.29, 0.717) is 28.5 Å². The predicted molar refractivity (Wildman–Crippen MR) is 113 cm³/mol. The Balaban J connectivity index is 1.58. The van der Waals surface area contributed by atoms with Crippen molar-refractivity contribution >= 4 is 34.8 Å². The maximum absolute atomic E-state index is 12.6. The number of carbonyl (C=O) groups excluding carboxylic acids is 2. The maximum Gasteiger partial charge on any atom is 0.257 e. The summed E-state index contributed by atoms with van der Waals surface area (Å²) in [4.78, 5) is 24.7. The van der Waals surface area contributed by atoms with Gasteiger partial charge in [-0.1, -0.05) is 54.1 Å². The number of carbonyl (C=O) groups is 2. The van der Waals surface area contributed by atoms with Crippen molar-refractivity contribution in [3.63, 3.8) is 0 Å². The third kappa shape index (κ3) is 5.59. The molecule has 3 aromatic carbocycles. The van der Waals surface area contributed by atoms with Crippen molar-refractivity contribution in [3.8, 4) is 0 Å². The van der Waals surface area contributed by atoms with E-state index < -0.39 is 0 Å². The van der Waals surface area contributed by atoms with Gasteiger partial charge in [0.25, 0.3) is 5.91 Å². The highest BCUT2D eigenvalue weighted by atomic mass is 35.5. The van der Waals surface area contributed by atoms with Crippen LogP contribution in [0.2, 0.25) is 5.02 Å². The van der Waals surface area contributed by atoms with Crippen LogP contribution in [-0.2, 0) is 11.3 Å². The number of para-hydroxylation sites is 1. The lowest BCUT2D eigenvalue weighted by Crippen LogP contribution is -2.29. The molecule has 0 heterocycles. The van der Waals surface area contributed by atoms with Crippen molar-refractivity contribution in [1.29, 1.82) is 0 Å². The number of amides is 2. The molecule has 0 aromatic heterocycles. The van der Waals surface area contributed by atoms with Crippen LogP contribution >= 0.6 is 11.6 Å². The molecular weight excluding hydrogens is 374 g/mol. The first kappa shape index (κ1) is 19.5. The van der Waals surface area contributed by atoms with Crippen molar-refractivity contribution in [1.82, 2.24) is 5.32 Å². The van der Waals surface area contributed by atoms with Crippen LogP contribution in [0.5, 0.6) is 0 Å². The molecule has 6 heteroatoms. The Hall–Kier alpha value is -3.31. The minimum absolute atomic E-state index is 0.0675. The minimum atomic E-state index is -0.268. The van der Waals surface area contributed by atoms with Crippen LogP contribution in [0.4, 0.5) is 11.4 Å². The summed E-state index contributed by atoms with van der Waals surface area (Å²) >= 11 is 5.87. The fourth-order valence-electron chi connectivity index (χ4n) is 2.60. The molecule has 28 heavy (non-hydrogen) atoms. The summed E-state index contributed by atoms with van der Waals surface area (Å²) in [6.45, 7) is 0.526. The molecule has 0 aliphatic heterocycles. The lowest BCUT2D eigenvalue weighted by atomic mass is 10.1. The molecular formula is C22H20ClN3O2. The first-order chi connectivity index (χ1) is 13.6. The predicted octanol–water partition coefficient (Wildman–Crippen LogP) is 4.32. The number of rotatable bonds is 7. The maximum atomic E-state index is 12.6. The Kier molecular flexibility index (Phi) is 6.65. The largest absolute Gasteiger partial charge is 0.376 e.